The minimum absolute atomic E-state index is 0.0341. The van der Waals surface area contributed by atoms with Crippen LogP contribution in [-0.2, 0) is 19.6 Å². The Balaban J connectivity index is 1.27. The number of benzene rings is 2. The Kier molecular flexibility index (Phi) is 7.32. The standard InChI is InChI=1S/C25H28N4O5S/c1-18-6-7-19(2)23(14-18)35(32,33)29-12-10-28(11-13-29)25(31)9-8-24(30)27-21-5-3-4-20(15-21)22-16-26-17-34-22/h3-7,14-17H,8-13H2,1-2H3,(H,27,30). The van der Waals surface area contributed by atoms with Crippen LogP contribution in [-0.4, -0.2) is 60.6 Å². The molecular formula is C25H28N4O5S. The van der Waals surface area contributed by atoms with Gasteiger partial charge in [0.25, 0.3) is 0 Å². The van der Waals surface area contributed by atoms with E-state index in [1.54, 1.807) is 48.4 Å². The lowest BCUT2D eigenvalue weighted by molar-refractivity contribution is -0.133. The van der Waals surface area contributed by atoms with Crippen LogP contribution in [0.3, 0.4) is 0 Å². The van der Waals surface area contributed by atoms with Crippen molar-refractivity contribution in [2.45, 2.75) is 31.6 Å². The fourth-order valence-corrected chi connectivity index (χ4v) is 5.74. The molecule has 10 heteroatoms. The second-order valence-corrected chi connectivity index (χ2v) is 10.5. The Bertz CT molecular complexity index is 1310. The first-order chi connectivity index (χ1) is 16.7. The topological polar surface area (TPSA) is 113 Å². The molecule has 3 aromatic rings. The molecule has 1 saturated heterocycles. The van der Waals surface area contributed by atoms with Crippen molar-refractivity contribution in [3.05, 3.63) is 66.2 Å². The summed E-state index contributed by atoms with van der Waals surface area (Å²) in [6.07, 6.45) is 3.02. The Morgan fingerprint density at radius 2 is 1.80 bits per heavy atom. The molecule has 0 aliphatic carbocycles. The molecule has 1 N–H and O–H groups in total. The summed E-state index contributed by atoms with van der Waals surface area (Å²) in [6, 6.07) is 12.5. The van der Waals surface area contributed by atoms with Crippen LogP contribution >= 0.6 is 0 Å². The van der Waals surface area contributed by atoms with Crippen LogP contribution in [0.25, 0.3) is 11.3 Å². The van der Waals surface area contributed by atoms with Gasteiger partial charge in [-0.3, -0.25) is 9.59 Å². The average Bonchev–Trinajstić information content (AvgIpc) is 3.39. The number of nitrogens with one attached hydrogen (secondary N) is 1. The number of carbonyl (C=O) groups excluding carboxylic acids is 2. The maximum atomic E-state index is 13.1. The number of nitrogens with zero attached hydrogens (tertiary/aromatic N) is 3. The highest BCUT2D eigenvalue weighted by Gasteiger charge is 2.31. The smallest absolute Gasteiger partial charge is 0.243 e. The van der Waals surface area contributed by atoms with Gasteiger partial charge in [-0.05, 0) is 43.2 Å². The van der Waals surface area contributed by atoms with Crippen LogP contribution in [0, 0.1) is 13.8 Å². The van der Waals surface area contributed by atoms with E-state index in [2.05, 4.69) is 10.3 Å². The maximum Gasteiger partial charge on any atom is 0.243 e. The van der Waals surface area contributed by atoms with Gasteiger partial charge in [0.15, 0.2) is 12.2 Å². The van der Waals surface area contributed by atoms with Crippen LogP contribution in [0.4, 0.5) is 5.69 Å². The van der Waals surface area contributed by atoms with Gasteiger partial charge in [0.1, 0.15) is 0 Å². The molecule has 4 rings (SSSR count). The summed E-state index contributed by atoms with van der Waals surface area (Å²) in [4.78, 5) is 30.9. The highest BCUT2D eigenvalue weighted by Crippen LogP contribution is 2.24. The Hall–Kier alpha value is -3.50. The van der Waals surface area contributed by atoms with E-state index in [-0.39, 0.29) is 37.7 Å². The quantitative estimate of drug-likeness (QED) is 0.538. The number of sulfonamides is 1. The first-order valence-electron chi connectivity index (χ1n) is 11.4. The summed E-state index contributed by atoms with van der Waals surface area (Å²) < 4.78 is 32.9. The molecule has 2 amide bonds. The third-order valence-electron chi connectivity index (χ3n) is 5.98. The fraction of sp³-hybridized carbons (Fsp3) is 0.320. The molecule has 1 aromatic heterocycles. The van der Waals surface area contributed by atoms with Gasteiger partial charge in [0.2, 0.25) is 21.8 Å². The summed E-state index contributed by atoms with van der Waals surface area (Å²) >= 11 is 0. The van der Waals surface area contributed by atoms with Gasteiger partial charge in [-0.1, -0.05) is 24.3 Å². The number of anilines is 1. The van der Waals surface area contributed by atoms with Crippen LogP contribution in [0.15, 0.2) is 64.4 Å². The average molecular weight is 497 g/mol. The number of aromatic nitrogens is 1. The van der Waals surface area contributed by atoms with Gasteiger partial charge in [-0.2, -0.15) is 4.31 Å². The third-order valence-corrected chi connectivity index (χ3v) is 8.02. The largest absolute Gasteiger partial charge is 0.444 e. The van der Waals surface area contributed by atoms with Crippen molar-refractivity contribution in [2.75, 3.05) is 31.5 Å². The minimum Gasteiger partial charge on any atom is -0.444 e. The second kappa shape index (κ2) is 10.4. The number of oxazole rings is 1. The van der Waals surface area contributed by atoms with E-state index in [1.165, 1.54) is 10.7 Å². The first kappa shape index (κ1) is 24.6. The lowest BCUT2D eigenvalue weighted by atomic mass is 10.1. The lowest BCUT2D eigenvalue weighted by Gasteiger charge is -2.34. The third kappa shape index (κ3) is 5.77. The van der Waals surface area contributed by atoms with Crippen LogP contribution in [0.2, 0.25) is 0 Å². The van der Waals surface area contributed by atoms with E-state index in [4.69, 9.17) is 4.42 Å². The van der Waals surface area contributed by atoms with Gasteiger partial charge < -0.3 is 14.6 Å². The number of rotatable bonds is 7. The number of hydrogen-bond acceptors (Lipinski definition) is 6. The Morgan fingerprint density at radius 1 is 1.03 bits per heavy atom. The normalized spacial score (nSPS) is 14.6. The first-order valence-corrected chi connectivity index (χ1v) is 12.8. The molecule has 1 aliphatic heterocycles. The number of amides is 2. The van der Waals surface area contributed by atoms with Crippen LogP contribution in [0.5, 0.6) is 0 Å². The zero-order chi connectivity index (χ0) is 25.0. The number of piperazine rings is 1. The summed E-state index contributed by atoms with van der Waals surface area (Å²) in [5.41, 5.74) is 2.96. The van der Waals surface area contributed by atoms with E-state index >= 15 is 0 Å². The van der Waals surface area contributed by atoms with Crippen molar-refractivity contribution >= 4 is 27.5 Å². The number of carbonyl (C=O) groups is 2. The lowest BCUT2D eigenvalue weighted by Crippen LogP contribution is -2.50. The van der Waals surface area contributed by atoms with Gasteiger partial charge in [0, 0.05) is 50.3 Å². The van der Waals surface area contributed by atoms with Gasteiger partial charge in [-0.15, -0.1) is 0 Å². The molecule has 2 heterocycles. The van der Waals surface area contributed by atoms with E-state index in [1.807, 2.05) is 19.1 Å². The number of hydrogen-bond donors (Lipinski definition) is 1. The zero-order valence-electron chi connectivity index (χ0n) is 19.7. The molecular weight excluding hydrogens is 468 g/mol. The summed E-state index contributed by atoms with van der Waals surface area (Å²) in [5, 5.41) is 2.80. The summed E-state index contributed by atoms with van der Waals surface area (Å²) in [5.74, 6) is 0.151. The molecule has 0 spiro atoms. The molecule has 9 nitrogen and oxygen atoms in total. The Morgan fingerprint density at radius 3 is 2.51 bits per heavy atom. The molecule has 35 heavy (non-hydrogen) atoms. The second-order valence-electron chi connectivity index (χ2n) is 8.55. The molecule has 0 saturated carbocycles. The monoisotopic (exact) mass is 496 g/mol. The van der Waals surface area contributed by atoms with E-state index in [0.717, 1.165) is 11.1 Å². The predicted molar refractivity (Wildman–Crippen MR) is 131 cm³/mol. The van der Waals surface area contributed by atoms with E-state index < -0.39 is 10.0 Å². The summed E-state index contributed by atoms with van der Waals surface area (Å²) in [7, 11) is -3.62. The van der Waals surface area contributed by atoms with Crippen LogP contribution in [0.1, 0.15) is 24.0 Å². The fourth-order valence-electron chi connectivity index (χ4n) is 4.01. The molecule has 1 fully saturated rings. The SMILES string of the molecule is Cc1ccc(C)c(S(=O)(=O)N2CCN(C(=O)CCC(=O)Nc3cccc(-c4cnco4)c3)CC2)c1. The van der Waals surface area contributed by atoms with Crippen molar-refractivity contribution in [2.24, 2.45) is 0 Å². The van der Waals surface area contributed by atoms with Crippen molar-refractivity contribution in [1.82, 2.24) is 14.2 Å². The van der Waals surface area contributed by atoms with Gasteiger partial charge >= 0.3 is 0 Å². The van der Waals surface area contributed by atoms with Gasteiger partial charge in [-0.25, -0.2) is 13.4 Å². The maximum absolute atomic E-state index is 13.1. The van der Waals surface area contributed by atoms with Crippen molar-refractivity contribution in [3.8, 4) is 11.3 Å². The van der Waals surface area contributed by atoms with Crippen molar-refractivity contribution in [1.29, 1.82) is 0 Å². The van der Waals surface area contributed by atoms with Gasteiger partial charge in [0.05, 0.1) is 11.1 Å². The zero-order valence-corrected chi connectivity index (χ0v) is 20.5. The van der Waals surface area contributed by atoms with Crippen molar-refractivity contribution in [3.63, 3.8) is 0 Å². The predicted octanol–water partition coefficient (Wildman–Crippen LogP) is 3.21. The van der Waals surface area contributed by atoms with E-state index in [9.17, 15) is 18.0 Å². The van der Waals surface area contributed by atoms with E-state index in [0.29, 0.717) is 35.0 Å². The molecule has 0 unspecified atom stereocenters. The molecule has 0 atom stereocenters. The molecule has 0 bridgehead atoms. The molecule has 1 aliphatic rings. The Labute approximate surface area is 204 Å². The van der Waals surface area contributed by atoms with Crippen LogP contribution < -0.4 is 5.32 Å². The molecule has 0 radical (unpaired) electrons. The highest BCUT2D eigenvalue weighted by molar-refractivity contribution is 7.89. The molecule has 184 valence electrons. The summed E-state index contributed by atoms with van der Waals surface area (Å²) in [6.45, 7) is 4.68. The minimum atomic E-state index is -3.62. The van der Waals surface area contributed by atoms with Crippen molar-refractivity contribution < 1.29 is 22.4 Å². The molecule has 2 aromatic carbocycles. The highest BCUT2D eigenvalue weighted by atomic mass is 32.2. The number of aryl methyl sites for hydroxylation is 2.